The van der Waals surface area contributed by atoms with Gasteiger partial charge in [-0.3, -0.25) is 4.79 Å². The minimum absolute atomic E-state index is 0.268. The summed E-state index contributed by atoms with van der Waals surface area (Å²) >= 11 is 1.46. The van der Waals surface area contributed by atoms with Crippen molar-refractivity contribution in [2.75, 3.05) is 12.3 Å². The third-order valence-electron chi connectivity index (χ3n) is 3.43. The minimum atomic E-state index is 0.268. The van der Waals surface area contributed by atoms with Crippen molar-refractivity contribution >= 4 is 22.2 Å². The summed E-state index contributed by atoms with van der Waals surface area (Å²) in [6.07, 6.45) is 2.85. The quantitative estimate of drug-likeness (QED) is 0.817. The SMILES string of the molecule is N#Cc1c(N)sc2c1CCN(C(=O)C1CC1)C2. The number of nitrogen functional groups attached to an aromatic ring is 1. The van der Waals surface area contributed by atoms with E-state index in [1.807, 2.05) is 4.90 Å². The van der Waals surface area contributed by atoms with Crippen LogP contribution in [-0.4, -0.2) is 17.4 Å². The van der Waals surface area contributed by atoms with Crippen molar-refractivity contribution in [1.82, 2.24) is 4.90 Å². The van der Waals surface area contributed by atoms with Crippen LogP contribution in [0.5, 0.6) is 0 Å². The van der Waals surface area contributed by atoms with Crippen LogP contribution in [0.1, 0.15) is 28.8 Å². The van der Waals surface area contributed by atoms with Crippen LogP contribution in [0.4, 0.5) is 5.00 Å². The third kappa shape index (κ3) is 1.69. The Morgan fingerprint density at radius 3 is 2.94 bits per heavy atom. The molecule has 5 heteroatoms. The van der Waals surface area contributed by atoms with E-state index in [2.05, 4.69) is 6.07 Å². The normalized spacial score (nSPS) is 18.6. The van der Waals surface area contributed by atoms with Gasteiger partial charge in [0, 0.05) is 17.3 Å². The average Bonchev–Trinajstić information content (AvgIpc) is 3.10. The van der Waals surface area contributed by atoms with Crippen LogP contribution in [-0.2, 0) is 17.8 Å². The van der Waals surface area contributed by atoms with E-state index >= 15 is 0 Å². The lowest BCUT2D eigenvalue weighted by atomic mass is 10.0. The van der Waals surface area contributed by atoms with Crippen LogP contribution >= 0.6 is 11.3 Å². The predicted octanol–water partition coefficient (Wildman–Crippen LogP) is 1.50. The van der Waals surface area contributed by atoms with Gasteiger partial charge >= 0.3 is 0 Å². The standard InChI is InChI=1S/C12H13N3OS/c13-5-9-8-3-4-15(12(16)7-1-2-7)6-10(8)17-11(9)14/h7H,1-4,6,14H2. The molecule has 0 spiro atoms. The first-order valence-corrected chi connectivity index (χ1v) is 6.61. The van der Waals surface area contributed by atoms with E-state index in [1.54, 1.807) is 0 Å². The largest absolute Gasteiger partial charge is 0.389 e. The highest BCUT2D eigenvalue weighted by atomic mass is 32.1. The monoisotopic (exact) mass is 247 g/mol. The number of thiophene rings is 1. The fourth-order valence-electron chi connectivity index (χ4n) is 2.32. The number of carbonyl (C=O) groups excluding carboxylic acids is 1. The zero-order valence-electron chi connectivity index (χ0n) is 9.40. The number of hydrogen-bond acceptors (Lipinski definition) is 4. The van der Waals surface area contributed by atoms with Crippen molar-refractivity contribution in [3.63, 3.8) is 0 Å². The maximum absolute atomic E-state index is 12.0. The third-order valence-corrected chi connectivity index (χ3v) is 4.48. The Labute approximate surface area is 104 Å². The van der Waals surface area contributed by atoms with Crippen LogP contribution in [0, 0.1) is 17.2 Å². The summed E-state index contributed by atoms with van der Waals surface area (Å²) in [7, 11) is 0. The van der Waals surface area contributed by atoms with Crippen molar-refractivity contribution in [2.45, 2.75) is 25.8 Å². The van der Waals surface area contributed by atoms with Crippen molar-refractivity contribution < 1.29 is 4.79 Å². The molecule has 2 N–H and O–H groups in total. The summed E-state index contributed by atoms with van der Waals surface area (Å²) in [6.45, 7) is 1.37. The molecule has 0 bridgehead atoms. The van der Waals surface area contributed by atoms with E-state index < -0.39 is 0 Å². The molecular formula is C12H13N3OS. The predicted molar refractivity (Wildman–Crippen MR) is 65.3 cm³/mol. The molecule has 0 unspecified atom stereocenters. The smallest absolute Gasteiger partial charge is 0.226 e. The maximum atomic E-state index is 12.0. The Bertz CT molecular complexity index is 525. The number of anilines is 1. The Kier molecular flexibility index (Phi) is 2.33. The number of rotatable bonds is 1. The number of nitrogens with zero attached hydrogens (tertiary/aromatic N) is 2. The summed E-state index contributed by atoms with van der Waals surface area (Å²) in [5.74, 6) is 0.547. The van der Waals surface area contributed by atoms with Crippen molar-refractivity contribution in [1.29, 1.82) is 5.26 Å². The lowest BCUT2D eigenvalue weighted by molar-refractivity contribution is -0.133. The second-order valence-electron chi connectivity index (χ2n) is 4.64. The summed E-state index contributed by atoms with van der Waals surface area (Å²) in [4.78, 5) is 15.0. The number of nitrogens with two attached hydrogens (primary N) is 1. The number of nitriles is 1. The fourth-order valence-corrected chi connectivity index (χ4v) is 3.41. The maximum Gasteiger partial charge on any atom is 0.226 e. The molecule has 1 aliphatic heterocycles. The van der Waals surface area contributed by atoms with E-state index in [4.69, 9.17) is 11.0 Å². The minimum Gasteiger partial charge on any atom is -0.389 e. The zero-order chi connectivity index (χ0) is 12.0. The van der Waals surface area contributed by atoms with Gasteiger partial charge in [-0.2, -0.15) is 5.26 Å². The van der Waals surface area contributed by atoms with Gasteiger partial charge < -0.3 is 10.6 Å². The first kappa shape index (κ1) is 10.6. The van der Waals surface area contributed by atoms with E-state index in [9.17, 15) is 4.79 Å². The Morgan fingerprint density at radius 2 is 2.29 bits per heavy atom. The van der Waals surface area contributed by atoms with Gasteiger partial charge in [0.1, 0.15) is 11.1 Å². The first-order chi connectivity index (χ1) is 8.20. The highest BCUT2D eigenvalue weighted by Gasteiger charge is 2.35. The molecule has 4 nitrogen and oxygen atoms in total. The van der Waals surface area contributed by atoms with Gasteiger partial charge in [-0.1, -0.05) is 0 Å². The van der Waals surface area contributed by atoms with Crippen LogP contribution in [0.3, 0.4) is 0 Å². The Morgan fingerprint density at radius 1 is 1.53 bits per heavy atom. The molecule has 0 saturated heterocycles. The molecule has 88 valence electrons. The summed E-state index contributed by atoms with van der Waals surface area (Å²) in [5.41, 5.74) is 7.51. The van der Waals surface area contributed by atoms with Gasteiger partial charge in [0.05, 0.1) is 12.1 Å². The van der Waals surface area contributed by atoms with Crippen LogP contribution in [0.2, 0.25) is 0 Å². The zero-order valence-corrected chi connectivity index (χ0v) is 10.2. The van der Waals surface area contributed by atoms with E-state index in [0.29, 0.717) is 17.1 Å². The molecule has 1 aliphatic carbocycles. The van der Waals surface area contributed by atoms with E-state index in [-0.39, 0.29) is 11.8 Å². The molecule has 1 aromatic heterocycles. The Hall–Kier alpha value is -1.54. The summed E-state index contributed by atoms with van der Waals surface area (Å²) in [6, 6.07) is 2.16. The highest BCUT2D eigenvalue weighted by molar-refractivity contribution is 7.16. The van der Waals surface area contributed by atoms with Gasteiger partial charge in [0.15, 0.2) is 0 Å². The second-order valence-corrected chi connectivity index (χ2v) is 5.78. The molecule has 1 fully saturated rings. The van der Waals surface area contributed by atoms with Gasteiger partial charge in [-0.05, 0) is 24.8 Å². The van der Waals surface area contributed by atoms with Crippen molar-refractivity contribution in [3.8, 4) is 6.07 Å². The number of hydrogen-bond donors (Lipinski definition) is 1. The summed E-state index contributed by atoms with van der Waals surface area (Å²) in [5, 5.41) is 9.63. The molecule has 2 aliphatic rings. The molecule has 3 rings (SSSR count). The topological polar surface area (TPSA) is 70.1 Å². The van der Waals surface area contributed by atoms with Crippen molar-refractivity contribution in [2.24, 2.45) is 5.92 Å². The molecule has 17 heavy (non-hydrogen) atoms. The molecule has 0 atom stereocenters. The molecule has 2 heterocycles. The molecule has 1 amide bonds. The van der Waals surface area contributed by atoms with Crippen LogP contribution in [0.25, 0.3) is 0 Å². The second kappa shape index (κ2) is 3.74. The van der Waals surface area contributed by atoms with Gasteiger partial charge in [-0.15, -0.1) is 11.3 Å². The van der Waals surface area contributed by atoms with E-state index in [0.717, 1.165) is 36.2 Å². The first-order valence-electron chi connectivity index (χ1n) is 5.79. The van der Waals surface area contributed by atoms with E-state index in [1.165, 1.54) is 11.3 Å². The number of carbonyl (C=O) groups is 1. The molecule has 1 saturated carbocycles. The van der Waals surface area contributed by atoms with Gasteiger partial charge in [-0.25, -0.2) is 0 Å². The van der Waals surface area contributed by atoms with Crippen molar-refractivity contribution in [3.05, 3.63) is 16.0 Å². The number of fused-ring (bicyclic) bond motifs is 1. The molecule has 0 aromatic carbocycles. The average molecular weight is 247 g/mol. The fraction of sp³-hybridized carbons (Fsp3) is 0.500. The molecular weight excluding hydrogens is 234 g/mol. The summed E-state index contributed by atoms with van der Waals surface area (Å²) < 4.78 is 0. The Balaban J connectivity index is 1.86. The molecule has 1 aromatic rings. The molecule has 0 radical (unpaired) electrons. The lowest BCUT2D eigenvalue weighted by Gasteiger charge is -2.27. The highest BCUT2D eigenvalue weighted by Crippen LogP contribution is 2.37. The lowest BCUT2D eigenvalue weighted by Crippen LogP contribution is -2.36. The number of amides is 1. The van der Waals surface area contributed by atoms with Gasteiger partial charge in [0.25, 0.3) is 0 Å². The van der Waals surface area contributed by atoms with Gasteiger partial charge in [0.2, 0.25) is 5.91 Å². The van der Waals surface area contributed by atoms with Crippen LogP contribution < -0.4 is 5.73 Å². The van der Waals surface area contributed by atoms with Crippen LogP contribution in [0.15, 0.2) is 0 Å².